The van der Waals surface area contributed by atoms with Crippen molar-refractivity contribution < 1.29 is 14.4 Å². The van der Waals surface area contributed by atoms with E-state index in [1.54, 1.807) is 21.8 Å². The largest absolute Gasteiger partial charge is 0.378 e. The van der Waals surface area contributed by atoms with Crippen molar-refractivity contribution in [1.29, 1.82) is 0 Å². The topological polar surface area (TPSA) is 181 Å². The summed E-state index contributed by atoms with van der Waals surface area (Å²) in [5.74, 6) is -1.54. The van der Waals surface area contributed by atoms with Crippen LogP contribution in [0, 0.1) is 0 Å². The normalized spacial score (nSPS) is 18.4. The summed E-state index contributed by atoms with van der Waals surface area (Å²) in [5.41, 5.74) is 14.5. The first-order chi connectivity index (χ1) is 13.9. The number of aryl methyl sites for hydroxylation is 1. The number of nitrogens with zero attached hydrogens (tertiary/aromatic N) is 7. The molecule has 0 spiro atoms. The average molecular weight is 398 g/mol. The molecule has 5 N–H and O–H groups in total. The molecule has 0 radical (unpaired) electrons. The number of anilines is 1. The summed E-state index contributed by atoms with van der Waals surface area (Å²) in [6, 6.07) is 0. The van der Waals surface area contributed by atoms with E-state index in [2.05, 4.69) is 30.9 Å². The fourth-order valence-electron chi connectivity index (χ4n) is 3.20. The number of carbonyl (C=O) groups is 2. The van der Waals surface area contributed by atoms with Crippen LogP contribution in [0.2, 0.25) is 0 Å². The minimum atomic E-state index is -1.63. The molecule has 150 valence electrons. The van der Waals surface area contributed by atoms with Crippen LogP contribution in [0.3, 0.4) is 0 Å². The summed E-state index contributed by atoms with van der Waals surface area (Å²) in [6.45, 7) is 2.59. The van der Waals surface area contributed by atoms with Gasteiger partial charge < -0.3 is 16.3 Å². The Morgan fingerprint density at radius 1 is 1.28 bits per heavy atom. The quantitative estimate of drug-likeness (QED) is 0.459. The molecule has 3 aromatic heterocycles. The lowest BCUT2D eigenvalue weighted by atomic mass is 9.90. The van der Waals surface area contributed by atoms with Crippen LogP contribution in [-0.2, 0) is 21.0 Å². The molecule has 1 atom stereocenters. The second kappa shape index (κ2) is 6.85. The van der Waals surface area contributed by atoms with Gasteiger partial charge in [-0.1, -0.05) is 5.16 Å². The molecule has 29 heavy (non-hydrogen) atoms. The van der Waals surface area contributed by atoms with Crippen molar-refractivity contribution in [3.05, 3.63) is 30.6 Å². The van der Waals surface area contributed by atoms with Gasteiger partial charge in [0.1, 0.15) is 12.7 Å². The molecular formula is C16H18N10O3. The summed E-state index contributed by atoms with van der Waals surface area (Å²) >= 11 is 0. The summed E-state index contributed by atoms with van der Waals surface area (Å²) in [7, 11) is 0. The highest BCUT2D eigenvalue weighted by Gasteiger charge is 2.47. The van der Waals surface area contributed by atoms with Gasteiger partial charge in [-0.05, 0) is 6.92 Å². The molecule has 0 aliphatic carbocycles. The van der Waals surface area contributed by atoms with Crippen LogP contribution in [-0.4, -0.2) is 52.8 Å². The van der Waals surface area contributed by atoms with E-state index in [-0.39, 0.29) is 12.8 Å². The molecular weight excluding hydrogens is 380 g/mol. The molecule has 0 bridgehead atoms. The number of primary amides is 2. The Bertz CT molecular complexity index is 1120. The third kappa shape index (κ3) is 3.11. The van der Waals surface area contributed by atoms with E-state index in [0.717, 1.165) is 0 Å². The van der Waals surface area contributed by atoms with Gasteiger partial charge in [0.05, 0.1) is 29.4 Å². The maximum Gasteiger partial charge on any atom is 0.265 e. The van der Waals surface area contributed by atoms with E-state index in [4.69, 9.17) is 16.3 Å². The molecule has 2 amide bonds. The van der Waals surface area contributed by atoms with Crippen molar-refractivity contribution >= 4 is 34.2 Å². The molecule has 0 aromatic carbocycles. The predicted molar refractivity (Wildman–Crippen MR) is 100 cm³/mol. The molecule has 4 rings (SSSR count). The van der Waals surface area contributed by atoms with Crippen LogP contribution in [0.4, 0.5) is 5.69 Å². The van der Waals surface area contributed by atoms with E-state index >= 15 is 0 Å². The van der Waals surface area contributed by atoms with E-state index in [9.17, 15) is 9.59 Å². The van der Waals surface area contributed by atoms with Crippen LogP contribution in [0.15, 0.2) is 30.2 Å². The number of carbonyl (C=O) groups excluding carboxylic acids is 2. The van der Waals surface area contributed by atoms with Crippen molar-refractivity contribution in [2.24, 2.45) is 16.6 Å². The number of hydrogen-bond acceptors (Lipinski definition) is 9. The van der Waals surface area contributed by atoms with Crippen LogP contribution in [0.5, 0.6) is 0 Å². The van der Waals surface area contributed by atoms with E-state index < -0.39 is 17.4 Å². The van der Waals surface area contributed by atoms with Gasteiger partial charge in [0.25, 0.3) is 5.91 Å². The first-order valence-electron chi connectivity index (χ1n) is 8.73. The van der Waals surface area contributed by atoms with Crippen LogP contribution >= 0.6 is 0 Å². The summed E-state index contributed by atoms with van der Waals surface area (Å²) in [6.07, 6.45) is 5.81. The van der Waals surface area contributed by atoms with Gasteiger partial charge in [-0.25, -0.2) is 14.3 Å². The number of fused-ring (bicyclic) bond motifs is 1. The summed E-state index contributed by atoms with van der Waals surface area (Å²) in [5, 5.41) is 16.6. The van der Waals surface area contributed by atoms with E-state index in [1.807, 2.05) is 6.92 Å². The number of rotatable bonds is 7. The molecule has 0 saturated carbocycles. The highest BCUT2D eigenvalue weighted by molar-refractivity contribution is 6.12. The van der Waals surface area contributed by atoms with Crippen molar-refractivity contribution in [1.82, 2.24) is 29.6 Å². The van der Waals surface area contributed by atoms with E-state index in [1.165, 1.54) is 12.7 Å². The molecule has 1 aliphatic heterocycles. The lowest BCUT2D eigenvalue weighted by molar-refractivity contribution is -0.145. The molecule has 3 aromatic rings. The zero-order valence-corrected chi connectivity index (χ0v) is 15.4. The first kappa shape index (κ1) is 18.3. The fraction of sp³-hybridized carbons (Fsp3) is 0.312. The summed E-state index contributed by atoms with van der Waals surface area (Å²) in [4.78, 5) is 33.2. The van der Waals surface area contributed by atoms with Crippen molar-refractivity contribution in [2.45, 2.75) is 31.9 Å². The zero-order chi connectivity index (χ0) is 20.6. The minimum Gasteiger partial charge on any atom is -0.378 e. The Labute approximate surface area is 163 Å². The van der Waals surface area contributed by atoms with Crippen LogP contribution < -0.4 is 16.9 Å². The maximum absolute atomic E-state index is 12.0. The van der Waals surface area contributed by atoms with Gasteiger partial charge in [0.15, 0.2) is 5.65 Å². The second-order valence-electron chi connectivity index (χ2n) is 6.53. The molecule has 4 heterocycles. The molecule has 1 unspecified atom stereocenters. The number of oxime groups is 1. The Morgan fingerprint density at radius 2 is 2.03 bits per heavy atom. The van der Waals surface area contributed by atoms with Gasteiger partial charge in [0.2, 0.25) is 11.5 Å². The number of hydrogen-bond donors (Lipinski definition) is 3. The second-order valence-corrected chi connectivity index (χ2v) is 6.53. The number of nitrogens with one attached hydrogen (secondary N) is 1. The van der Waals surface area contributed by atoms with Gasteiger partial charge in [-0.3, -0.25) is 15.0 Å². The smallest absolute Gasteiger partial charge is 0.265 e. The number of amides is 2. The lowest BCUT2D eigenvalue weighted by Gasteiger charge is -2.21. The minimum absolute atomic E-state index is 0.0305. The molecule has 1 aliphatic rings. The SMILES string of the molecule is CCn1ncc2c(Nn3cnnc3)c(C3=NOC(CC(N)=O)(C(N)=O)C3)cnc21. The highest BCUT2D eigenvalue weighted by atomic mass is 16.7. The monoisotopic (exact) mass is 398 g/mol. The maximum atomic E-state index is 12.0. The fourth-order valence-corrected chi connectivity index (χ4v) is 3.20. The number of aromatic nitrogens is 6. The number of nitrogens with two attached hydrogens (primary N) is 2. The Hall–Kier alpha value is -4.03. The first-order valence-corrected chi connectivity index (χ1v) is 8.73. The molecule has 13 heteroatoms. The third-order valence-electron chi connectivity index (χ3n) is 4.63. The van der Waals surface area contributed by atoms with Crippen LogP contribution in [0.25, 0.3) is 11.0 Å². The number of pyridine rings is 1. The lowest BCUT2D eigenvalue weighted by Crippen LogP contribution is -2.47. The predicted octanol–water partition coefficient (Wildman–Crippen LogP) is -0.858. The van der Waals surface area contributed by atoms with Crippen molar-refractivity contribution in [2.75, 3.05) is 5.43 Å². The van der Waals surface area contributed by atoms with E-state index in [0.29, 0.717) is 34.5 Å². The molecule has 0 saturated heterocycles. The zero-order valence-electron chi connectivity index (χ0n) is 15.4. The molecule has 0 fully saturated rings. The Kier molecular flexibility index (Phi) is 4.33. The van der Waals surface area contributed by atoms with Gasteiger partial charge >= 0.3 is 0 Å². The summed E-state index contributed by atoms with van der Waals surface area (Å²) < 4.78 is 3.28. The Balaban J connectivity index is 1.79. The van der Waals surface area contributed by atoms with Gasteiger partial charge in [0, 0.05) is 24.7 Å². The van der Waals surface area contributed by atoms with Crippen molar-refractivity contribution in [3.63, 3.8) is 0 Å². The molecule has 13 nitrogen and oxygen atoms in total. The van der Waals surface area contributed by atoms with Crippen LogP contribution in [0.1, 0.15) is 25.3 Å². The van der Waals surface area contributed by atoms with Gasteiger partial charge in [-0.15, -0.1) is 10.2 Å². The highest BCUT2D eigenvalue weighted by Crippen LogP contribution is 2.34. The van der Waals surface area contributed by atoms with Gasteiger partial charge in [-0.2, -0.15) is 5.10 Å². The Morgan fingerprint density at radius 3 is 2.69 bits per heavy atom. The standard InChI is InChI=1S/C16H18N10O3/c1-2-26-14-10(6-22-26)13(23-25-7-20-21-8-25)9(5-19-14)11-3-16(15(18)28,29-24-11)4-12(17)27/h5-8H,2-4H2,1H3,(H2,17,27)(H2,18,28)(H,19,23). The van der Waals surface area contributed by atoms with Crippen molar-refractivity contribution in [3.8, 4) is 0 Å². The average Bonchev–Trinajstić information content (AvgIpc) is 3.41. The third-order valence-corrected chi connectivity index (χ3v) is 4.63.